The second-order valence-corrected chi connectivity index (χ2v) is 5.01. The molecule has 1 saturated heterocycles. The Labute approximate surface area is 117 Å². The van der Waals surface area contributed by atoms with Gasteiger partial charge in [0.25, 0.3) is 5.91 Å². The molecular weight excluding hydrogens is 260 g/mol. The van der Waals surface area contributed by atoms with Crippen molar-refractivity contribution in [3.63, 3.8) is 0 Å². The highest BCUT2D eigenvalue weighted by Crippen LogP contribution is 2.13. The zero-order valence-electron chi connectivity index (χ0n) is 11.5. The predicted octanol–water partition coefficient (Wildman–Crippen LogP) is 0.529. The normalized spacial score (nSPS) is 18.1. The third-order valence-corrected chi connectivity index (χ3v) is 3.54. The van der Waals surface area contributed by atoms with Gasteiger partial charge < -0.3 is 20.7 Å². The van der Waals surface area contributed by atoms with E-state index < -0.39 is 0 Å². The largest absolute Gasteiger partial charge is 0.469 e. The second kappa shape index (κ2) is 6.42. The van der Waals surface area contributed by atoms with Gasteiger partial charge in [0.2, 0.25) is 0 Å². The quantitative estimate of drug-likeness (QED) is 0.323. The van der Waals surface area contributed by atoms with Crippen LogP contribution in [0.4, 0.5) is 0 Å². The Morgan fingerprint density at radius 3 is 2.85 bits per heavy atom. The smallest absolute Gasteiger partial charge is 0.255 e. The molecule has 0 radical (unpaired) electrons. The van der Waals surface area contributed by atoms with Gasteiger partial charge in [-0.05, 0) is 25.8 Å². The van der Waals surface area contributed by atoms with Gasteiger partial charge in [-0.3, -0.25) is 9.69 Å². The number of carbonyl (C=O) groups excluding carboxylic acids is 1. The highest BCUT2D eigenvalue weighted by Gasteiger charge is 2.22. The predicted molar refractivity (Wildman–Crippen MR) is 73.8 cm³/mol. The first-order valence-corrected chi connectivity index (χ1v) is 6.64. The number of amidine groups is 1. The molecule has 0 bridgehead atoms. The van der Waals surface area contributed by atoms with E-state index in [1.807, 2.05) is 0 Å². The summed E-state index contributed by atoms with van der Waals surface area (Å²) in [5, 5.41) is 14.5. The molecule has 1 amide bonds. The Hall–Kier alpha value is -2.02. The Kier molecular flexibility index (Phi) is 4.62. The van der Waals surface area contributed by atoms with E-state index in [2.05, 4.69) is 15.4 Å². The van der Waals surface area contributed by atoms with Crippen LogP contribution in [0.1, 0.15) is 29.0 Å². The maximum Gasteiger partial charge on any atom is 0.255 e. The topological polar surface area (TPSA) is 104 Å². The molecule has 2 heterocycles. The van der Waals surface area contributed by atoms with Crippen LogP contribution in [-0.2, 0) is 0 Å². The van der Waals surface area contributed by atoms with Crippen molar-refractivity contribution in [2.75, 3.05) is 19.6 Å². The van der Waals surface area contributed by atoms with Crippen molar-refractivity contribution in [1.29, 1.82) is 0 Å². The van der Waals surface area contributed by atoms with Crippen LogP contribution < -0.4 is 11.1 Å². The standard InChI is InChI=1S/C13H20N4O3/c1-9-11(4-7-20-9)13(18)15-10-2-5-17(6-3-10)8-12(14)16-19/h4,7,10,19H,2-3,5-6,8H2,1H3,(H2,14,16)(H,15,18). The molecule has 1 aliphatic rings. The van der Waals surface area contributed by atoms with Crippen molar-refractivity contribution >= 4 is 11.7 Å². The summed E-state index contributed by atoms with van der Waals surface area (Å²) in [7, 11) is 0. The lowest BCUT2D eigenvalue weighted by atomic mass is 10.0. The SMILES string of the molecule is Cc1occc1C(=O)NC1CCN(CC(N)=NO)CC1. The fraction of sp³-hybridized carbons (Fsp3) is 0.538. The summed E-state index contributed by atoms with van der Waals surface area (Å²) in [5.41, 5.74) is 6.07. The lowest BCUT2D eigenvalue weighted by Gasteiger charge is -2.31. The molecule has 0 saturated carbocycles. The number of nitrogens with one attached hydrogen (secondary N) is 1. The maximum atomic E-state index is 12.0. The monoisotopic (exact) mass is 280 g/mol. The molecule has 2 rings (SSSR count). The van der Waals surface area contributed by atoms with Crippen molar-refractivity contribution < 1.29 is 14.4 Å². The molecule has 0 unspecified atom stereocenters. The van der Waals surface area contributed by atoms with Gasteiger partial charge in [0.15, 0.2) is 5.84 Å². The van der Waals surface area contributed by atoms with E-state index in [1.54, 1.807) is 13.0 Å². The molecular formula is C13H20N4O3. The van der Waals surface area contributed by atoms with Crippen LogP contribution in [0, 0.1) is 6.92 Å². The van der Waals surface area contributed by atoms with E-state index in [4.69, 9.17) is 15.4 Å². The lowest BCUT2D eigenvalue weighted by Crippen LogP contribution is -2.46. The van der Waals surface area contributed by atoms with Gasteiger partial charge in [0, 0.05) is 19.1 Å². The van der Waals surface area contributed by atoms with Crippen LogP contribution in [-0.4, -0.2) is 47.5 Å². The summed E-state index contributed by atoms with van der Waals surface area (Å²) in [6.07, 6.45) is 3.21. The summed E-state index contributed by atoms with van der Waals surface area (Å²) >= 11 is 0. The minimum absolute atomic E-state index is 0.0915. The molecule has 20 heavy (non-hydrogen) atoms. The van der Waals surface area contributed by atoms with Crippen molar-refractivity contribution in [2.45, 2.75) is 25.8 Å². The van der Waals surface area contributed by atoms with Gasteiger partial charge >= 0.3 is 0 Å². The molecule has 4 N–H and O–H groups in total. The fourth-order valence-electron chi connectivity index (χ4n) is 2.38. The Balaban J connectivity index is 1.80. The zero-order chi connectivity index (χ0) is 14.5. The van der Waals surface area contributed by atoms with Crippen LogP contribution in [0.15, 0.2) is 21.9 Å². The van der Waals surface area contributed by atoms with E-state index in [0.717, 1.165) is 25.9 Å². The van der Waals surface area contributed by atoms with Gasteiger partial charge in [-0.25, -0.2) is 0 Å². The minimum atomic E-state index is -0.0915. The Bertz CT molecular complexity index is 490. The third kappa shape index (κ3) is 3.51. The zero-order valence-corrected chi connectivity index (χ0v) is 11.5. The second-order valence-electron chi connectivity index (χ2n) is 5.01. The number of amides is 1. The number of hydrogen-bond acceptors (Lipinski definition) is 5. The summed E-state index contributed by atoms with van der Waals surface area (Å²) in [4.78, 5) is 14.1. The molecule has 0 aliphatic carbocycles. The van der Waals surface area contributed by atoms with Crippen LogP contribution in [0.5, 0.6) is 0 Å². The van der Waals surface area contributed by atoms with E-state index in [1.165, 1.54) is 6.26 Å². The van der Waals surface area contributed by atoms with Crippen molar-refractivity contribution in [1.82, 2.24) is 10.2 Å². The molecule has 7 nitrogen and oxygen atoms in total. The first-order valence-electron chi connectivity index (χ1n) is 6.64. The molecule has 1 fully saturated rings. The van der Waals surface area contributed by atoms with Crippen molar-refractivity contribution in [3.05, 3.63) is 23.7 Å². The van der Waals surface area contributed by atoms with Crippen LogP contribution in [0.25, 0.3) is 0 Å². The fourth-order valence-corrected chi connectivity index (χ4v) is 2.38. The number of rotatable bonds is 4. The van der Waals surface area contributed by atoms with E-state index in [9.17, 15) is 4.79 Å². The number of nitrogens with zero attached hydrogens (tertiary/aromatic N) is 2. The molecule has 1 aromatic rings. The molecule has 1 aromatic heterocycles. The number of piperidine rings is 1. The van der Waals surface area contributed by atoms with Gasteiger partial charge in [-0.1, -0.05) is 5.16 Å². The van der Waals surface area contributed by atoms with Gasteiger partial charge in [-0.2, -0.15) is 0 Å². The molecule has 1 aliphatic heterocycles. The third-order valence-electron chi connectivity index (χ3n) is 3.54. The average Bonchev–Trinajstić information content (AvgIpc) is 2.87. The molecule has 110 valence electrons. The van der Waals surface area contributed by atoms with Crippen LogP contribution in [0.3, 0.4) is 0 Å². The van der Waals surface area contributed by atoms with E-state index in [-0.39, 0.29) is 17.8 Å². The molecule has 0 atom stereocenters. The number of carbonyl (C=O) groups is 1. The molecule has 0 spiro atoms. The first-order chi connectivity index (χ1) is 9.60. The number of aryl methyl sites for hydroxylation is 1. The number of nitrogens with two attached hydrogens (primary N) is 1. The number of likely N-dealkylation sites (tertiary alicyclic amines) is 1. The number of oxime groups is 1. The van der Waals surface area contributed by atoms with Crippen LogP contribution in [0.2, 0.25) is 0 Å². The van der Waals surface area contributed by atoms with Gasteiger partial charge in [0.1, 0.15) is 5.76 Å². The molecule has 7 heteroatoms. The summed E-state index contributed by atoms with van der Waals surface area (Å²) in [6, 6.07) is 1.83. The van der Waals surface area contributed by atoms with Crippen molar-refractivity contribution in [3.8, 4) is 0 Å². The Morgan fingerprint density at radius 1 is 1.60 bits per heavy atom. The van der Waals surface area contributed by atoms with E-state index in [0.29, 0.717) is 17.9 Å². The Morgan fingerprint density at radius 2 is 2.30 bits per heavy atom. The summed E-state index contributed by atoms with van der Waals surface area (Å²) in [5.74, 6) is 0.750. The first kappa shape index (κ1) is 14.4. The maximum absolute atomic E-state index is 12.0. The van der Waals surface area contributed by atoms with Gasteiger partial charge in [0.05, 0.1) is 18.4 Å². The highest BCUT2D eigenvalue weighted by molar-refractivity contribution is 5.95. The minimum Gasteiger partial charge on any atom is -0.469 e. The molecule has 0 aromatic carbocycles. The van der Waals surface area contributed by atoms with E-state index >= 15 is 0 Å². The summed E-state index contributed by atoms with van der Waals surface area (Å²) < 4.78 is 5.13. The summed E-state index contributed by atoms with van der Waals surface area (Å²) in [6.45, 7) is 3.85. The highest BCUT2D eigenvalue weighted by atomic mass is 16.4. The number of furan rings is 1. The van der Waals surface area contributed by atoms with Crippen LogP contribution >= 0.6 is 0 Å². The lowest BCUT2D eigenvalue weighted by molar-refractivity contribution is 0.0913. The number of hydrogen-bond donors (Lipinski definition) is 3. The van der Waals surface area contributed by atoms with Gasteiger partial charge in [-0.15, -0.1) is 0 Å². The van der Waals surface area contributed by atoms with Crippen molar-refractivity contribution in [2.24, 2.45) is 10.9 Å². The average molecular weight is 280 g/mol.